The summed E-state index contributed by atoms with van der Waals surface area (Å²) in [5.74, 6) is -2.72. The average Bonchev–Trinajstić information content (AvgIpc) is 3.44. The van der Waals surface area contributed by atoms with Crippen LogP contribution in [-0.4, -0.2) is 68.8 Å². The molecule has 1 heterocycles. The molecule has 0 saturated heterocycles. The number of ketones is 1. The maximum absolute atomic E-state index is 13.5. The largest absolute Gasteiger partial charge is 0.463 e. The van der Waals surface area contributed by atoms with Crippen LogP contribution in [-0.2, 0) is 32.3 Å². The zero-order chi connectivity index (χ0) is 32.4. The Balaban J connectivity index is 1.83. The molecule has 4 N–H and O–H groups in total. The van der Waals surface area contributed by atoms with Crippen molar-refractivity contribution in [1.82, 2.24) is 20.2 Å². The number of esters is 2. The number of aromatic nitrogens is 2. The third-order valence-corrected chi connectivity index (χ3v) is 6.61. The molecule has 0 bridgehead atoms. The van der Waals surface area contributed by atoms with Gasteiger partial charge in [0.1, 0.15) is 17.4 Å². The van der Waals surface area contributed by atoms with Crippen molar-refractivity contribution in [1.29, 1.82) is 0 Å². The Labute approximate surface area is 257 Å². The van der Waals surface area contributed by atoms with Crippen LogP contribution in [0.4, 0.5) is 0 Å². The van der Waals surface area contributed by atoms with E-state index in [-0.39, 0.29) is 42.9 Å². The Kier molecular flexibility index (Phi) is 12.3. The first-order valence-corrected chi connectivity index (χ1v) is 14.4. The fourth-order valence-corrected chi connectivity index (χ4v) is 4.00. The lowest BCUT2D eigenvalue weighted by atomic mass is 10.0. The first-order valence-electron chi connectivity index (χ1n) is 14.4. The number of aliphatic hydroxyl groups excluding tert-OH is 1. The molecule has 0 spiro atoms. The first-order chi connectivity index (χ1) is 20.8. The molecule has 3 aromatic rings. The number of carbonyl (C=O) groups is 4. The van der Waals surface area contributed by atoms with E-state index in [1.807, 2.05) is 68.4 Å². The van der Waals surface area contributed by atoms with Gasteiger partial charge in [-0.3, -0.25) is 19.8 Å². The van der Waals surface area contributed by atoms with E-state index in [4.69, 9.17) is 15.2 Å². The highest BCUT2D eigenvalue weighted by Gasteiger charge is 2.26. The van der Waals surface area contributed by atoms with E-state index in [2.05, 4.69) is 10.5 Å². The van der Waals surface area contributed by atoms with Crippen LogP contribution in [0.15, 0.2) is 60.7 Å². The zero-order valence-corrected chi connectivity index (χ0v) is 25.7. The summed E-state index contributed by atoms with van der Waals surface area (Å²) in [4.78, 5) is 50.3. The van der Waals surface area contributed by atoms with Crippen molar-refractivity contribution in [2.45, 2.75) is 60.0 Å². The van der Waals surface area contributed by atoms with E-state index < -0.39 is 42.5 Å². The molecule has 2 aromatic carbocycles. The molecule has 1 amide bonds. The smallest absolute Gasteiger partial charge is 0.336 e. The number of benzene rings is 2. The standard InChI is InChI=1S/C32H41N5O7/c1-20(2)18-43-31(41)28(39)17-36(16-23-11-13-25(14-12-23)24-9-7-6-8-10-24)35-30(40)27-15-26(22(5)38)34-37(27)19-44-32(42)29(33)21(3)4/h6-15,20-21,28-29,39H,16-19,33H2,1-5H3,(H,35,40). The van der Waals surface area contributed by atoms with E-state index >= 15 is 0 Å². The highest BCUT2D eigenvalue weighted by atomic mass is 16.6. The Hall–Kier alpha value is -4.39. The van der Waals surface area contributed by atoms with Crippen LogP contribution in [0, 0.1) is 11.8 Å². The van der Waals surface area contributed by atoms with Crippen LogP contribution in [0.5, 0.6) is 0 Å². The second-order valence-electron chi connectivity index (χ2n) is 11.3. The summed E-state index contributed by atoms with van der Waals surface area (Å²) < 4.78 is 11.5. The predicted molar refractivity (Wildman–Crippen MR) is 163 cm³/mol. The number of nitrogens with zero attached hydrogens (tertiary/aromatic N) is 3. The molecule has 0 aliphatic rings. The first kappa shape index (κ1) is 34.1. The highest BCUT2D eigenvalue weighted by Crippen LogP contribution is 2.20. The Morgan fingerprint density at radius 1 is 0.955 bits per heavy atom. The van der Waals surface area contributed by atoms with Crippen LogP contribution in [0.25, 0.3) is 11.1 Å². The molecule has 44 heavy (non-hydrogen) atoms. The van der Waals surface area contributed by atoms with Gasteiger partial charge in [-0.15, -0.1) is 0 Å². The minimum absolute atomic E-state index is 0.0142. The molecule has 236 valence electrons. The number of hydrazine groups is 1. The molecule has 1 aromatic heterocycles. The fourth-order valence-electron chi connectivity index (χ4n) is 4.00. The van der Waals surface area contributed by atoms with Crippen LogP contribution in [0.2, 0.25) is 0 Å². The summed E-state index contributed by atoms with van der Waals surface area (Å²) in [5, 5.41) is 16.1. The molecule has 2 unspecified atom stereocenters. The van der Waals surface area contributed by atoms with E-state index in [1.165, 1.54) is 18.0 Å². The van der Waals surface area contributed by atoms with Crippen molar-refractivity contribution in [3.8, 4) is 11.1 Å². The molecule has 0 aliphatic heterocycles. The van der Waals surface area contributed by atoms with Crippen molar-refractivity contribution < 1.29 is 33.8 Å². The van der Waals surface area contributed by atoms with Gasteiger partial charge in [-0.05, 0) is 28.5 Å². The number of carbonyl (C=O) groups excluding carboxylic acids is 4. The molecule has 12 heteroatoms. The van der Waals surface area contributed by atoms with Crippen molar-refractivity contribution >= 4 is 23.6 Å². The van der Waals surface area contributed by atoms with Crippen molar-refractivity contribution in [3.05, 3.63) is 77.6 Å². The third-order valence-electron chi connectivity index (χ3n) is 6.61. The third kappa shape index (κ3) is 9.83. The fraction of sp³-hybridized carbons (Fsp3) is 0.406. The number of ether oxygens (including phenoxy) is 2. The van der Waals surface area contributed by atoms with E-state index in [0.717, 1.165) is 21.4 Å². The van der Waals surface area contributed by atoms with Crippen LogP contribution >= 0.6 is 0 Å². The Bertz CT molecular complexity index is 1420. The van der Waals surface area contributed by atoms with Gasteiger partial charge in [0.15, 0.2) is 18.6 Å². The molecular weight excluding hydrogens is 566 g/mol. The van der Waals surface area contributed by atoms with Crippen molar-refractivity contribution in [2.75, 3.05) is 13.2 Å². The van der Waals surface area contributed by atoms with Gasteiger partial charge in [0.2, 0.25) is 0 Å². The van der Waals surface area contributed by atoms with E-state index in [9.17, 15) is 24.3 Å². The number of aliphatic hydroxyl groups is 1. The van der Waals surface area contributed by atoms with Gasteiger partial charge in [0, 0.05) is 19.5 Å². The monoisotopic (exact) mass is 607 g/mol. The molecule has 0 fully saturated rings. The lowest BCUT2D eigenvalue weighted by Crippen LogP contribution is -2.48. The second kappa shape index (κ2) is 15.9. The van der Waals surface area contributed by atoms with Gasteiger partial charge >= 0.3 is 11.9 Å². The number of Topliss-reactive ketones (excluding diaryl/α,β-unsaturated/α-hetero) is 1. The van der Waals surface area contributed by atoms with Crippen LogP contribution in [0.3, 0.4) is 0 Å². The van der Waals surface area contributed by atoms with E-state index in [0.29, 0.717) is 0 Å². The van der Waals surface area contributed by atoms with Crippen molar-refractivity contribution in [3.63, 3.8) is 0 Å². The van der Waals surface area contributed by atoms with Gasteiger partial charge in [-0.1, -0.05) is 82.3 Å². The van der Waals surface area contributed by atoms with Gasteiger partial charge < -0.3 is 20.3 Å². The quantitative estimate of drug-likeness (QED) is 0.133. The average molecular weight is 608 g/mol. The molecule has 0 radical (unpaired) electrons. The lowest BCUT2D eigenvalue weighted by molar-refractivity contribution is -0.156. The topological polar surface area (TPSA) is 166 Å². The SMILES string of the molecule is CC(=O)c1cc(C(=O)NN(Cc2ccc(-c3ccccc3)cc2)CC(O)C(=O)OCC(C)C)n(COC(=O)C(N)C(C)C)n1. The van der Waals surface area contributed by atoms with Gasteiger partial charge in [-0.25, -0.2) is 14.5 Å². The van der Waals surface area contributed by atoms with Crippen LogP contribution in [0.1, 0.15) is 61.2 Å². The molecular formula is C32H41N5O7. The van der Waals surface area contributed by atoms with Gasteiger partial charge in [-0.2, -0.15) is 5.10 Å². The van der Waals surface area contributed by atoms with Gasteiger partial charge in [0.25, 0.3) is 5.91 Å². The number of hydrogen-bond donors (Lipinski definition) is 3. The molecule has 2 atom stereocenters. The highest BCUT2D eigenvalue weighted by molar-refractivity contribution is 5.97. The summed E-state index contributed by atoms with van der Waals surface area (Å²) in [6.45, 7) is 8.06. The maximum atomic E-state index is 13.5. The predicted octanol–water partition coefficient (Wildman–Crippen LogP) is 2.94. The minimum atomic E-state index is -1.56. The maximum Gasteiger partial charge on any atom is 0.336 e. The Morgan fingerprint density at radius 2 is 1.59 bits per heavy atom. The summed E-state index contributed by atoms with van der Waals surface area (Å²) in [6.07, 6.45) is -1.56. The minimum Gasteiger partial charge on any atom is -0.463 e. The van der Waals surface area contributed by atoms with Gasteiger partial charge in [0.05, 0.1) is 13.2 Å². The number of nitrogens with two attached hydrogens (primary N) is 1. The lowest BCUT2D eigenvalue weighted by Gasteiger charge is -2.25. The molecule has 12 nitrogen and oxygen atoms in total. The van der Waals surface area contributed by atoms with E-state index in [1.54, 1.807) is 13.8 Å². The zero-order valence-electron chi connectivity index (χ0n) is 25.7. The van der Waals surface area contributed by atoms with Crippen LogP contribution < -0.4 is 11.2 Å². The molecule has 0 saturated carbocycles. The number of amides is 1. The molecule has 0 aliphatic carbocycles. The summed E-state index contributed by atoms with van der Waals surface area (Å²) in [7, 11) is 0. The summed E-state index contributed by atoms with van der Waals surface area (Å²) in [6, 6.07) is 17.8. The number of rotatable bonds is 15. The Morgan fingerprint density at radius 3 is 2.18 bits per heavy atom. The normalized spacial score (nSPS) is 12.7. The summed E-state index contributed by atoms with van der Waals surface area (Å²) in [5.41, 5.74) is 11.3. The number of nitrogens with one attached hydrogen (secondary N) is 1. The number of hydrogen-bond acceptors (Lipinski definition) is 10. The second-order valence-corrected chi connectivity index (χ2v) is 11.3. The summed E-state index contributed by atoms with van der Waals surface area (Å²) >= 11 is 0. The van der Waals surface area contributed by atoms with Crippen molar-refractivity contribution in [2.24, 2.45) is 17.6 Å². The molecule has 3 rings (SSSR count).